The molecule has 104 valence electrons. The van der Waals surface area contributed by atoms with Crippen LogP contribution >= 0.6 is 27.5 Å². The summed E-state index contributed by atoms with van der Waals surface area (Å²) in [6.45, 7) is -0.138. The van der Waals surface area contributed by atoms with Crippen LogP contribution in [0, 0.1) is 0 Å². The zero-order valence-electron chi connectivity index (χ0n) is 10.2. The van der Waals surface area contributed by atoms with Gasteiger partial charge in [-0.15, -0.1) is 0 Å². The van der Waals surface area contributed by atoms with Gasteiger partial charge in [0.15, 0.2) is 11.3 Å². The Bertz CT molecular complexity index is 610. The van der Waals surface area contributed by atoms with Crippen molar-refractivity contribution in [3.63, 3.8) is 0 Å². The fraction of sp³-hybridized carbons (Fsp3) is 0.0769. The second-order valence-corrected chi connectivity index (χ2v) is 4.90. The lowest BCUT2D eigenvalue weighted by atomic mass is 10.3. The van der Waals surface area contributed by atoms with Gasteiger partial charge in [-0.2, -0.15) is 5.10 Å². The zero-order valence-corrected chi connectivity index (χ0v) is 12.5. The van der Waals surface area contributed by atoms with Crippen molar-refractivity contribution in [1.29, 1.82) is 0 Å². The highest BCUT2D eigenvalue weighted by Crippen LogP contribution is 2.15. The minimum Gasteiger partial charge on any atom is -0.484 e. The van der Waals surface area contributed by atoms with Crippen LogP contribution in [0.5, 0.6) is 5.75 Å². The molecule has 0 aliphatic heterocycles. The van der Waals surface area contributed by atoms with Crippen molar-refractivity contribution in [3.8, 4) is 5.75 Å². The summed E-state index contributed by atoms with van der Waals surface area (Å²) in [5, 5.41) is 4.35. The van der Waals surface area contributed by atoms with E-state index in [1.807, 2.05) is 0 Å². The number of amides is 1. The molecule has 0 radical (unpaired) electrons. The molecular formula is C13H10BrClN2O3. The van der Waals surface area contributed by atoms with Crippen LogP contribution in [0.15, 0.2) is 50.6 Å². The van der Waals surface area contributed by atoms with Gasteiger partial charge < -0.3 is 9.15 Å². The summed E-state index contributed by atoms with van der Waals surface area (Å²) in [6, 6.07) is 10.2. The van der Waals surface area contributed by atoms with E-state index in [2.05, 4.69) is 26.5 Å². The van der Waals surface area contributed by atoms with Crippen LogP contribution in [-0.4, -0.2) is 18.7 Å². The number of nitrogens with one attached hydrogen (secondary N) is 1. The Morgan fingerprint density at radius 1 is 1.35 bits per heavy atom. The first-order valence-corrected chi connectivity index (χ1v) is 6.76. The first-order valence-electron chi connectivity index (χ1n) is 5.59. The third-order valence-electron chi connectivity index (χ3n) is 2.16. The normalized spacial score (nSPS) is 10.7. The highest BCUT2D eigenvalue weighted by Gasteiger charge is 2.01. The Balaban J connectivity index is 1.75. The van der Waals surface area contributed by atoms with Gasteiger partial charge in [-0.25, -0.2) is 5.43 Å². The van der Waals surface area contributed by atoms with E-state index in [1.54, 1.807) is 36.4 Å². The lowest BCUT2D eigenvalue weighted by Gasteiger charge is -2.04. The molecule has 0 aliphatic rings. The number of nitrogens with zero attached hydrogens (tertiary/aromatic N) is 1. The van der Waals surface area contributed by atoms with E-state index in [0.717, 1.165) is 0 Å². The number of ether oxygens (including phenoxy) is 1. The highest BCUT2D eigenvalue weighted by molar-refractivity contribution is 9.10. The quantitative estimate of drug-likeness (QED) is 0.660. The molecule has 0 spiro atoms. The fourth-order valence-electron chi connectivity index (χ4n) is 1.28. The summed E-state index contributed by atoms with van der Waals surface area (Å²) in [6.07, 6.45) is 1.39. The van der Waals surface area contributed by atoms with E-state index in [-0.39, 0.29) is 12.5 Å². The number of hydrazone groups is 1. The Hall–Kier alpha value is -1.79. The molecule has 20 heavy (non-hydrogen) atoms. The molecule has 2 rings (SSSR count). The molecule has 0 unspecified atom stereocenters. The molecule has 0 fully saturated rings. The first-order chi connectivity index (χ1) is 9.63. The van der Waals surface area contributed by atoms with Crippen LogP contribution in [0.3, 0.4) is 0 Å². The Morgan fingerprint density at radius 2 is 2.10 bits per heavy atom. The molecule has 0 atom stereocenters. The van der Waals surface area contributed by atoms with Gasteiger partial charge in [0.05, 0.1) is 6.21 Å². The molecule has 0 aliphatic carbocycles. The number of carbonyl (C=O) groups is 1. The molecule has 1 aromatic carbocycles. The summed E-state index contributed by atoms with van der Waals surface area (Å²) in [4.78, 5) is 11.5. The van der Waals surface area contributed by atoms with Crippen LogP contribution in [0.2, 0.25) is 5.02 Å². The standard InChI is InChI=1S/C13H10BrClN2O3/c14-12-6-5-11(20-12)7-16-17-13(18)8-19-10-3-1-9(15)2-4-10/h1-7H,8H2,(H,17,18)/b16-7-. The second kappa shape index (κ2) is 7.12. The summed E-state index contributed by atoms with van der Waals surface area (Å²) in [5.41, 5.74) is 2.33. The Labute approximate surface area is 128 Å². The van der Waals surface area contributed by atoms with E-state index in [9.17, 15) is 4.79 Å². The van der Waals surface area contributed by atoms with Gasteiger partial charge in [0.2, 0.25) is 0 Å². The molecular weight excluding hydrogens is 348 g/mol. The van der Waals surface area contributed by atoms with Gasteiger partial charge in [0, 0.05) is 5.02 Å². The predicted octanol–water partition coefficient (Wildman–Crippen LogP) is 3.22. The topological polar surface area (TPSA) is 63.8 Å². The minimum atomic E-state index is -0.373. The number of carbonyl (C=O) groups excluding carboxylic acids is 1. The SMILES string of the molecule is O=C(COc1ccc(Cl)cc1)N/N=C\c1ccc(Br)o1. The van der Waals surface area contributed by atoms with Crippen LogP contribution < -0.4 is 10.2 Å². The largest absolute Gasteiger partial charge is 0.484 e. The Morgan fingerprint density at radius 3 is 2.75 bits per heavy atom. The van der Waals surface area contributed by atoms with Gasteiger partial charge in [0.1, 0.15) is 11.5 Å². The van der Waals surface area contributed by atoms with Gasteiger partial charge >= 0.3 is 0 Å². The van der Waals surface area contributed by atoms with Crippen molar-refractivity contribution in [1.82, 2.24) is 5.43 Å². The van der Waals surface area contributed by atoms with E-state index in [0.29, 0.717) is 21.2 Å². The summed E-state index contributed by atoms with van der Waals surface area (Å²) < 4.78 is 11.0. The Kier molecular flexibility index (Phi) is 5.20. The van der Waals surface area contributed by atoms with Crippen molar-refractivity contribution in [2.24, 2.45) is 5.10 Å². The smallest absolute Gasteiger partial charge is 0.277 e. The van der Waals surface area contributed by atoms with Crippen LogP contribution in [0.25, 0.3) is 0 Å². The monoisotopic (exact) mass is 356 g/mol. The van der Waals surface area contributed by atoms with Gasteiger partial charge in [-0.05, 0) is 52.3 Å². The lowest BCUT2D eigenvalue weighted by molar-refractivity contribution is -0.123. The van der Waals surface area contributed by atoms with Crippen LogP contribution in [0.1, 0.15) is 5.76 Å². The number of furan rings is 1. The maximum Gasteiger partial charge on any atom is 0.277 e. The minimum absolute atomic E-state index is 0.138. The van der Waals surface area contributed by atoms with Crippen molar-refractivity contribution in [3.05, 3.63) is 51.9 Å². The van der Waals surface area contributed by atoms with E-state index in [1.165, 1.54) is 6.21 Å². The van der Waals surface area contributed by atoms with Crippen molar-refractivity contribution >= 4 is 39.7 Å². The van der Waals surface area contributed by atoms with Crippen molar-refractivity contribution in [2.75, 3.05) is 6.61 Å². The molecule has 0 saturated carbocycles. The number of halogens is 2. The molecule has 0 bridgehead atoms. The van der Waals surface area contributed by atoms with Gasteiger partial charge in [-0.1, -0.05) is 11.6 Å². The number of benzene rings is 1. The number of hydrogen-bond donors (Lipinski definition) is 1. The fourth-order valence-corrected chi connectivity index (χ4v) is 1.72. The summed E-state index contributed by atoms with van der Waals surface area (Å²) >= 11 is 8.90. The molecule has 1 amide bonds. The van der Waals surface area contributed by atoms with E-state index >= 15 is 0 Å². The molecule has 2 aromatic rings. The number of rotatable bonds is 5. The average molecular weight is 358 g/mol. The van der Waals surface area contributed by atoms with Gasteiger partial charge in [0.25, 0.3) is 5.91 Å². The molecule has 5 nitrogen and oxygen atoms in total. The summed E-state index contributed by atoms with van der Waals surface area (Å²) in [5.74, 6) is 0.709. The van der Waals surface area contributed by atoms with Crippen molar-refractivity contribution < 1.29 is 13.9 Å². The highest BCUT2D eigenvalue weighted by atomic mass is 79.9. The van der Waals surface area contributed by atoms with Gasteiger partial charge in [-0.3, -0.25) is 4.79 Å². The van der Waals surface area contributed by atoms with E-state index < -0.39 is 0 Å². The average Bonchev–Trinajstić information content (AvgIpc) is 2.84. The molecule has 0 saturated heterocycles. The third kappa shape index (κ3) is 4.71. The molecule has 7 heteroatoms. The lowest BCUT2D eigenvalue weighted by Crippen LogP contribution is -2.24. The van der Waals surface area contributed by atoms with Crippen LogP contribution in [-0.2, 0) is 4.79 Å². The van der Waals surface area contributed by atoms with Crippen molar-refractivity contribution in [2.45, 2.75) is 0 Å². The predicted molar refractivity (Wildman–Crippen MR) is 79.1 cm³/mol. The second-order valence-electron chi connectivity index (χ2n) is 3.68. The third-order valence-corrected chi connectivity index (χ3v) is 2.84. The molecule has 1 N–H and O–H groups in total. The molecule has 1 aromatic heterocycles. The van der Waals surface area contributed by atoms with E-state index in [4.69, 9.17) is 20.8 Å². The first kappa shape index (κ1) is 14.6. The zero-order chi connectivity index (χ0) is 14.4. The maximum atomic E-state index is 11.5. The summed E-state index contributed by atoms with van der Waals surface area (Å²) in [7, 11) is 0. The van der Waals surface area contributed by atoms with Crippen LogP contribution in [0.4, 0.5) is 0 Å². The molecule has 1 heterocycles. The number of hydrogen-bond acceptors (Lipinski definition) is 4. The maximum absolute atomic E-state index is 11.5.